The first-order valence-corrected chi connectivity index (χ1v) is 9.60. The highest BCUT2D eigenvalue weighted by atomic mass is 32.1. The van der Waals surface area contributed by atoms with E-state index in [0.29, 0.717) is 0 Å². The lowest BCUT2D eigenvalue weighted by Crippen LogP contribution is -2.22. The van der Waals surface area contributed by atoms with Gasteiger partial charge >= 0.3 is 0 Å². The second-order valence-corrected chi connectivity index (χ2v) is 8.98. The Labute approximate surface area is 156 Å². The van der Waals surface area contributed by atoms with Gasteiger partial charge in [0.25, 0.3) is 5.56 Å². The molecule has 3 nitrogen and oxygen atoms in total. The first kappa shape index (κ1) is 17.0. The maximum atomic E-state index is 13.0. The van der Waals surface area contributed by atoms with Crippen molar-refractivity contribution in [1.29, 1.82) is 0 Å². The lowest BCUT2D eigenvalue weighted by atomic mass is 9.87. The van der Waals surface area contributed by atoms with E-state index in [0.717, 1.165) is 37.2 Å². The Bertz CT molecular complexity index is 1240. The Balaban J connectivity index is 1.89. The van der Waals surface area contributed by atoms with Crippen LogP contribution < -0.4 is 10.1 Å². The van der Waals surface area contributed by atoms with Gasteiger partial charge in [-0.05, 0) is 53.7 Å². The number of hydrogen-bond acceptors (Lipinski definition) is 3. The molecule has 2 aromatic heterocycles. The molecule has 0 spiro atoms. The predicted molar refractivity (Wildman–Crippen MR) is 110 cm³/mol. The summed E-state index contributed by atoms with van der Waals surface area (Å²) in [4.78, 5) is 18.4. The fourth-order valence-electron chi connectivity index (χ4n) is 3.34. The molecule has 0 fully saturated rings. The highest BCUT2D eigenvalue weighted by molar-refractivity contribution is 7.15. The first-order valence-electron chi connectivity index (χ1n) is 8.78. The van der Waals surface area contributed by atoms with Gasteiger partial charge in [-0.1, -0.05) is 62.4 Å². The number of imidazole rings is 1. The molecule has 0 amide bonds. The van der Waals surface area contributed by atoms with Crippen LogP contribution in [0.4, 0.5) is 0 Å². The van der Waals surface area contributed by atoms with Crippen LogP contribution in [0.15, 0.2) is 41.2 Å². The number of benzene rings is 2. The molecule has 0 saturated carbocycles. The standard InChI is InChI=1S/C22H22N2OS/c1-13-10-14(2)19-17(11-13)24-20(25)18(26-21(24)23-19)12-15-6-8-16(9-7-15)22(3,4)5/h6-12H,1-5H3/b18-12-. The molecule has 132 valence electrons. The molecule has 4 rings (SSSR count). The average Bonchev–Trinajstić information content (AvgIpc) is 3.05. The van der Waals surface area contributed by atoms with Gasteiger partial charge < -0.3 is 0 Å². The molecule has 0 atom stereocenters. The predicted octanol–water partition coefficient (Wildman–Crippen LogP) is 4.37. The minimum atomic E-state index is 0.0115. The van der Waals surface area contributed by atoms with Crippen molar-refractivity contribution in [2.24, 2.45) is 0 Å². The lowest BCUT2D eigenvalue weighted by Gasteiger charge is -2.18. The number of hydrogen-bond donors (Lipinski definition) is 0. The van der Waals surface area contributed by atoms with E-state index in [1.165, 1.54) is 16.9 Å². The minimum absolute atomic E-state index is 0.0115. The monoisotopic (exact) mass is 362 g/mol. The molecule has 4 aromatic rings. The number of nitrogens with zero attached hydrogens (tertiary/aromatic N) is 2. The van der Waals surface area contributed by atoms with Crippen LogP contribution in [-0.2, 0) is 5.41 Å². The molecule has 2 heterocycles. The van der Waals surface area contributed by atoms with Crippen LogP contribution in [0.2, 0.25) is 0 Å². The van der Waals surface area contributed by atoms with Crippen molar-refractivity contribution in [2.75, 3.05) is 0 Å². The Morgan fingerprint density at radius 1 is 1.08 bits per heavy atom. The molecule has 0 saturated heterocycles. The van der Waals surface area contributed by atoms with E-state index < -0.39 is 0 Å². The molecular formula is C22H22N2OS. The number of rotatable bonds is 1. The largest absolute Gasteiger partial charge is 0.274 e. The summed E-state index contributed by atoms with van der Waals surface area (Å²) in [6, 6.07) is 12.6. The van der Waals surface area contributed by atoms with E-state index in [-0.39, 0.29) is 11.0 Å². The van der Waals surface area contributed by atoms with Crippen LogP contribution >= 0.6 is 11.3 Å². The summed E-state index contributed by atoms with van der Waals surface area (Å²) in [6.07, 6.45) is 1.96. The molecular weight excluding hydrogens is 340 g/mol. The third kappa shape index (κ3) is 2.74. The molecule has 0 aliphatic carbocycles. The summed E-state index contributed by atoms with van der Waals surface area (Å²) in [6.45, 7) is 10.7. The third-order valence-electron chi connectivity index (χ3n) is 4.75. The highest BCUT2D eigenvalue weighted by Crippen LogP contribution is 2.23. The van der Waals surface area contributed by atoms with Gasteiger partial charge in [0.1, 0.15) is 0 Å². The van der Waals surface area contributed by atoms with Gasteiger partial charge in [-0.15, -0.1) is 0 Å². The van der Waals surface area contributed by atoms with Crippen molar-refractivity contribution >= 4 is 33.4 Å². The van der Waals surface area contributed by atoms with Crippen molar-refractivity contribution in [1.82, 2.24) is 9.38 Å². The molecule has 4 heteroatoms. The molecule has 0 unspecified atom stereocenters. The van der Waals surface area contributed by atoms with E-state index in [2.05, 4.69) is 56.1 Å². The number of aryl methyl sites for hydroxylation is 2. The van der Waals surface area contributed by atoms with Crippen LogP contribution in [0.3, 0.4) is 0 Å². The van der Waals surface area contributed by atoms with Crippen LogP contribution in [0.25, 0.3) is 22.1 Å². The van der Waals surface area contributed by atoms with Crippen molar-refractivity contribution in [2.45, 2.75) is 40.0 Å². The van der Waals surface area contributed by atoms with Crippen LogP contribution in [0, 0.1) is 13.8 Å². The summed E-state index contributed by atoms with van der Waals surface area (Å²) in [5, 5.41) is 0. The minimum Gasteiger partial charge on any atom is -0.267 e. The zero-order valence-corrected chi connectivity index (χ0v) is 16.6. The van der Waals surface area contributed by atoms with E-state index in [1.807, 2.05) is 26.0 Å². The topological polar surface area (TPSA) is 34.4 Å². The quantitative estimate of drug-likeness (QED) is 0.504. The second-order valence-electron chi connectivity index (χ2n) is 7.97. The van der Waals surface area contributed by atoms with Crippen molar-refractivity contribution in [3.63, 3.8) is 0 Å². The van der Waals surface area contributed by atoms with Gasteiger partial charge in [-0.2, -0.15) is 0 Å². The summed E-state index contributed by atoms with van der Waals surface area (Å²) in [5.41, 5.74) is 6.54. The van der Waals surface area contributed by atoms with E-state index in [9.17, 15) is 4.79 Å². The van der Waals surface area contributed by atoms with E-state index >= 15 is 0 Å². The third-order valence-corrected chi connectivity index (χ3v) is 5.72. The average molecular weight is 362 g/mol. The van der Waals surface area contributed by atoms with E-state index in [1.54, 1.807) is 4.40 Å². The van der Waals surface area contributed by atoms with Gasteiger partial charge in [0.2, 0.25) is 0 Å². The Morgan fingerprint density at radius 2 is 1.77 bits per heavy atom. The molecule has 0 bridgehead atoms. The maximum absolute atomic E-state index is 13.0. The molecule has 0 N–H and O–H groups in total. The molecule has 0 radical (unpaired) electrons. The van der Waals surface area contributed by atoms with Gasteiger partial charge in [0, 0.05) is 0 Å². The first-order chi connectivity index (χ1) is 12.2. The molecule has 26 heavy (non-hydrogen) atoms. The molecule has 2 aromatic carbocycles. The van der Waals surface area contributed by atoms with Crippen LogP contribution in [0.1, 0.15) is 43.0 Å². The van der Waals surface area contributed by atoms with Crippen molar-refractivity contribution < 1.29 is 0 Å². The van der Waals surface area contributed by atoms with Crippen molar-refractivity contribution in [3.8, 4) is 0 Å². The fourth-order valence-corrected chi connectivity index (χ4v) is 4.32. The summed E-state index contributed by atoms with van der Waals surface area (Å²) < 4.78 is 2.46. The van der Waals surface area contributed by atoms with Crippen LogP contribution in [-0.4, -0.2) is 9.38 Å². The van der Waals surface area contributed by atoms with Gasteiger partial charge in [0.05, 0.1) is 15.6 Å². The summed E-state index contributed by atoms with van der Waals surface area (Å²) >= 11 is 1.45. The Kier molecular flexibility index (Phi) is 3.77. The highest BCUT2D eigenvalue weighted by Gasteiger charge is 2.14. The molecule has 0 aliphatic heterocycles. The fraction of sp³-hybridized carbons (Fsp3) is 0.273. The van der Waals surface area contributed by atoms with E-state index in [4.69, 9.17) is 0 Å². The second kappa shape index (κ2) is 5.78. The number of fused-ring (bicyclic) bond motifs is 3. The van der Waals surface area contributed by atoms with Gasteiger partial charge in [0.15, 0.2) is 4.96 Å². The van der Waals surface area contributed by atoms with Crippen LogP contribution in [0.5, 0.6) is 0 Å². The SMILES string of the molecule is Cc1cc(C)c2nc3s/c(=C\c4ccc(C(C)(C)C)cc4)c(=O)n3c2c1. The van der Waals surface area contributed by atoms with Gasteiger partial charge in [-0.25, -0.2) is 9.38 Å². The lowest BCUT2D eigenvalue weighted by molar-refractivity contribution is 0.590. The zero-order valence-electron chi connectivity index (χ0n) is 15.8. The zero-order chi connectivity index (χ0) is 18.6. The maximum Gasteiger partial charge on any atom is 0.274 e. The smallest absolute Gasteiger partial charge is 0.267 e. The Morgan fingerprint density at radius 3 is 2.42 bits per heavy atom. The number of aromatic nitrogens is 2. The van der Waals surface area contributed by atoms with Gasteiger partial charge in [-0.3, -0.25) is 4.79 Å². The summed E-state index contributed by atoms with van der Waals surface area (Å²) in [7, 11) is 0. The normalized spacial score (nSPS) is 13.2. The number of thiazole rings is 1. The van der Waals surface area contributed by atoms with Crippen molar-refractivity contribution in [3.05, 3.63) is 73.5 Å². The summed E-state index contributed by atoms with van der Waals surface area (Å²) in [5.74, 6) is 0. The molecule has 0 aliphatic rings. The Hall–Kier alpha value is -2.46.